The SMILES string of the molecule is COc1cc2c(cc1OC)CN(C(=O)C1=NOC3(CCCC(C(C)(C)C)C3)C1)CC2. The van der Waals surface area contributed by atoms with Crippen LogP contribution in [0.15, 0.2) is 17.3 Å². The van der Waals surface area contributed by atoms with Gasteiger partial charge in [-0.15, -0.1) is 0 Å². The molecule has 2 unspecified atom stereocenters. The highest BCUT2D eigenvalue weighted by Gasteiger charge is 2.47. The minimum absolute atomic E-state index is 0.00481. The molecule has 164 valence electrons. The van der Waals surface area contributed by atoms with Crippen LogP contribution in [0.4, 0.5) is 0 Å². The van der Waals surface area contributed by atoms with Gasteiger partial charge in [-0.3, -0.25) is 4.79 Å². The van der Waals surface area contributed by atoms with Gasteiger partial charge in [0.05, 0.1) is 14.2 Å². The number of amides is 1. The van der Waals surface area contributed by atoms with Gasteiger partial charge in [0, 0.05) is 19.5 Å². The largest absolute Gasteiger partial charge is 0.493 e. The van der Waals surface area contributed by atoms with E-state index in [1.54, 1.807) is 14.2 Å². The van der Waals surface area contributed by atoms with Gasteiger partial charge in [0.2, 0.25) is 0 Å². The van der Waals surface area contributed by atoms with Gasteiger partial charge in [0.25, 0.3) is 5.91 Å². The standard InChI is InChI=1S/C24H34N2O4/c1-23(2,3)18-7-6-9-24(13-18)14-19(25-30-24)22(27)26-10-8-16-11-20(28-4)21(29-5)12-17(16)15-26/h11-12,18H,6-10,13-15H2,1-5H3. The van der Waals surface area contributed by atoms with Crippen molar-refractivity contribution < 1.29 is 19.1 Å². The summed E-state index contributed by atoms with van der Waals surface area (Å²) in [6, 6.07) is 4.01. The monoisotopic (exact) mass is 414 g/mol. The third-order valence-electron chi connectivity index (χ3n) is 7.12. The van der Waals surface area contributed by atoms with Crippen molar-refractivity contribution in [1.29, 1.82) is 0 Å². The van der Waals surface area contributed by atoms with Crippen LogP contribution < -0.4 is 9.47 Å². The number of rotatable bonds is 3. The van der Waals surface area contributed by atoms with Gasteiger partial charge in [-0.2, -0.15) is 0 Å². The number of hydrogen-bond donors (Lipinski definition) is 0. The zero-order valence-electron chi connectivity index (χ0n) is 18.9. The summed E-state index contributed by atoms with van der Waals surface area (Å²) in [5, 5.41) is 4.30. The molecular weight excluding hydrogens is 380 g/mol. The maximum Gasteiger partial charge on any atom is 0.272 e. The van der Waals surface area contributed by atoms with E-state index in [9.17, 15) is 4.79 Å². The molecule has 6 nitrogen and oxygen atoms in total. The second-order valence-electron chi connectivity index (χ2n) is 10.1. The third kappa shape index (κ3) is 3.88. The minimum atomic E-state index is -0.286. The Morgan fingerprint density at radius 3 is 2.57 bits per heavy atom. The summed E-state index contributed by atoms with van der Waals surface area (Å²) in [5.41, 5.74) is 2.85. The van der Waals surface area contributed by atoms with Gasteiger partial charge in [0.1, 0.15) is 11.3 Å². The number of carbonyl (C=O) groups is 1. The van der Waals surface area contributed by atoms with Gasteiger partial charge >= 0.3 is 0 Å². The first-order valence-electron chi connectivity index (χ1n) is 11.0. The highest BCUT2D eigenvalue weighted by atomic mass is 16.7. The lowest BCUT2D eigenvalue weighted by Crippen LogP contribution is -2.43. The van der Waals surface area contributed by atoms with E-state index in [2.05, 4.69) is 25.9 Å². The van der Waals surface area contributed by atoms with Crippen LogP contribution >= 0.6 is 0 Å². The van der Waals surface area contributed by atoms with Crippen molar-refractivity contribution in [2.75, 3.05) is 20.8 Å². The molecule has 2 heterocycles. The fraction of sp³-hybridized carbons (Fsp3) is 0.667. The quantitative estimate of drug-likeness (QED) is 0.738. The molecule has 2 aliphatic heterocycles. The molecule has 0 bridgehead atoms. The summed E-state index contributed by atoms with van der Waals surface area (Å²) in [4.78, 5) is 21.1. The summed E-state index contributed by atoms with van der Waals surface area (Å²) in [5.74, 6) is 2.03. The molecule has 1 aromatic rings. The summed E-state index contributed by atoms with van der Waals surface area (Å²) in [6.07, 6.45) is 5.76. The Bertz CT molecular complexity index is 857. The maximum absolute atomic E-state index is 13.3. The van der Waals surface area contributed by atoms with Crippen LogP contribution in [0.5, 0.6) is 11.5 Å². The van der Waals surface area contributed by atoms with E-state index in [4.69, 9.17) is 14.3 Å². The Morgan fingerprint density at radius 2 is 1.90 bits per heavy atom. The maximum atomic E-state index is 13.3. The molecule has 2 atom stereocenters. The van der Waals surface area contributed by atoms with Crippen molar-refractivity contribution in [3.05, 3.63) is 23.3 Å². The van der Waals surface area contributed by atoms with Crippen molar-refractivity contribution >= 4 is 11.6 Å². The lowest BCUT2D eigenvalue weighted by Gasteiger charge is -2.41. The first kappa shape index (κ1) is 21.0. The van der Waals surface area contributed by atoms with Crippen LogP contribution in [0.2, 0.25) is 0 Å². The number of ether oxygens (including phenoxy) is 2. The fourth-order valence-corrected chi connectivity index (χ4v) is 5.18. The normalized spacial score (nSPS) is 26.1. The van der Waals surface area contributed by atoms with E-state index in [0.717, 1.165) is 37.0 Å². The van der Waals surface area contributed by atoms with E-state index in [0.29, 0.717) is 36.9 Å². The van der Waals surface area contributed by atoms with Crippen LogP contribution in [0.3, 0.4) is 0 Å². The molecule has 30 heavy (non-hydrogen) atoms. The molecule has 0 saturated heterocycles. The first-order valence-corrected chi connectivity index (χ1v) is 11.0. The number of nitrogens with zero attached hydrogens (tertiary/aromatic N) is 2. The molecule has 1 spiro atoms. The zero-order chi connectivity index (χ0) is 21.5. The van der Waals surface area contributed by atoms with Crippen LogP contribution in [0, 0.1) is 11.3 Å². The Balaban J connectivity index is 1.45. The topological polar surface area (TPSA) is 60.4 Å². The molecule has 0 aromatic heterocycles. The summed E-state index contributed by atoms with van der Waals surface area (Å²) in [7, 11) is 3.28. The fourth-order valence-electron chi connectivity index (χ4n) is 5.18. The summed E-state index contributed by atoms with van der Waals surface area (Å²) in [6.45, 7) is 8.14. The number of hydrogen-bond acceptors (Lipinski definition) is 5. The van der Waals surface area contributed by atoms with E-state index in [-0.39, 0.29) is 16.9 Å². The average Bonchev–Trinajstić information content (AvgIpc) is 3.14. The highest BCUT2D eigenvalue weighted by Crippen LogP contribution is 2.47. The van der Waals surface area contributed by atoms with Crippen molar-refractivity contribution in [3.63, 3.8) is 0 Å². The van der Waals surface area contributed by atoms with E-state index in [1.165, 1.54) is 12.0 Å². The predicted octanol–water partition coefficient (Wildman–Crippen LogP) is 4.34. The summed E-state index contributed by atoms with van der Waals surface area (Å²) < 4.78 is 10.9. The second kappa shape index (κ2) is 7.78. The van der Waals surface area contributed by atoms with Gasteiger partial charge in [0.15, 0.2) is 11.5 Å². The smallest absolute Gasteiger partial charge is 0.272 e. The van der Waals surface area contributed by atoms with Gasteiger partial charge in [-0.05, 0) is 66.7 Å². The van der Waals surface area contributed by atoms with Crippen molar-refractivity contribution in [2.45, 2.75) is 71.4 Å². The predicted molar refractivity (Wildman–Crippen MR) is 116 cm³/mol. The minimum Gasteiger partial charge on any atom is -0.493 e. The molecule has 1 saturated carbocycles. The Hall–Kier alpha value is -2.24. The lowest BCUT2D eigenvalue weighted by atomic mass is 9.66. The van der Waals surface area contributed by atoms with E-state index in [1.807, 2.05) is 17.0 Å². The molecule has 1 aromatic carbocycles. The molecule has 4 rings (SSSR count). The zero-order valence-corrected chi connectivity index (χ0v) is 18.9. The first-order chi connectivity index (χ1) is 14.2. The molecule has 1 fully saturated rings. The number of methoxy groups -OCH3 is 2. The summed E-state index contributed by atoms with van der Waals surface area (Å²) >= 11 is 0. The molecule has 1 amide bonds. The van der Waals surface area contributed by atoms with Gasteiger partial charge < -0.3 is 19.2 Å². The van der Waals surface area contributed by atoms with Crippen molar-refractivity contribution in [3.8, 4) is 11.5 Å². The van der Waals surface area contributed by atoms with E-state index >= 15 is 0 Å². The van der Waals surface area contributed by atoms with Crippen LogP contribution in [0.25, 0.3) is 0 Å². The molecular formula is C24H34N2O4. The number of benzene rings is 1. The van der Waals surface area contributed by atoms with Crippen LogP contribution in [-0.4, -0.2) is 42.9 Å². The Morgan fingerprint density at radius 1 is 1.20 bits per heavy atom. The van der Waals surface area contributed by atoms with Gasteiger partial charge in [-0.1, -0.05) is 25.9 Å². The van der Waals surface area contributed by atoms with E-state index < -0.39 is 0 Å². The molecule has 0 N–H and O–H groups in total. The molecule has 1 aliphatic carbocycles. The molecule has 0 radical (unpaired) electrons. The second-order valence-corrected chi connectivity index (χ2v) is 10.1. The van der Waals surface area contributed by atoms with Crippen molar-refractivity contribution in [2.24, 2.45) is 16.5 Å². The molecule has 6 heteroatoms. The van der Waals surface area contributed by atoms with Crippen molar-refractivity contribution in [1.82, 2.24) is 4.90 Å². The third-order valence-corrected chi connectivity index (χ3v) is 7.12. The number of carbonyl (C=O) groups excluding carboxylic acids is 1. The Kier molecular flexibility index (Phi) is 5.45. The molecule has 3 aliphatic rings. The number of fused-ring (bicyclic) bond motifs is 1. The Labute approximate surface area is 179 Å². The highest BCUT2D eigenvalue weighted by molar-refractivity contribution is 6.39. The number of oxime groups is 1. The van der Waals surface area contributed by atoms with Crippen LogP contribution in [-0.2, 0) is 22.6 Å². The van der Waals surface area contributed by atoms with Crippen LogP contribution in [0.1, 0.15) is 64.0 Å². The average molecular weight is 415 g/mol. The lowest BCUT2D eigenvalue weighted by molar-refractivity contribution is -0.125. The van der Waals surface area contributed by atoms with Gasteiger partial charge in [-0.25, -0.2) is 0 Å².